The Balaban J connectivity index is 1.77. The lowest BCUT2D eigenvalue weighted by atomic mass is 10.2. The minimum absolute atomic E-state index is 0.210. The normalized spacial score (nSPS) is 12.4. The summed E-state index contributed by atoms with van der Waals surface area (Å²) in [5.74, 6) is 0. The Bertz CT molecular complexity index is 562. The molecule has 1 atom stereocenters. The number of aliphatic hydroxyl groups is 2. The van der Waals surface area contributed by atoms with Gasteiger partial charge in [-0.1, -0.05) is 60.7 Å². The molecule has 2 aromatic rings. The molecular formula is C21H29NO3. The maximum atomic E-state index is 10.3. The Morgan fingerprint density at radius 3 is 2.16 bits per heavy atom. The van der Waals surface area contributed by atoms with Crippen LogP contribution in [0.3, 0.4) is 0 Å². The second-order valence-electron chi connectivity index (χ2n) is 6.31. The van der Waals surface area contributed by atoms with Gasteiger partial charge in [0.1, 0.15) is 0 Å². The van der Waals surface area contributed by atoms with Crippen LogP contribution in [0.25, 0.3) is 0 Å². The number of benzene rings is 2. The van der Waals surface area contributed by atoms with Crippen molar-refractivity contribution in [1.29, 1.82) is 0 Å². The van der Waals surface area contributed by atoms with Gasteiger partial charge < -0.3 is 14.9 Å². The molecule has 0 aromatic heterocycles. The van der Waals surface area contributed by atoms with Gasteiger partial charge in [0, 0.05) is 19.7 Å². The van der Waals surface area contributed by atoms with Crippen LogP contribution < -0.4 is 0 Å². The third kappa shape index (κ3) is 8.27. The monoisotopic (exact) mass is 343 g/mol. The Morgan fingerprint density at radius 1 is 0.880 bits per heavy atom. The highest BCUT2D eigenvalue weighted by Crippen LogP contribution is 2.08. The number of hydrogen-bond donors (Lipinski definition) is 2. The molecule has 2 aromatic carbocycles. The van der Waals surface area contributed by atoms with E-state index in [1.807, 2.05) is 48.5 Å². The van der Waals surface area contributed by atoms with Crippen molar-refractivity contribution in [1.82, 2.24) is 4.90 Å². The molecule has 0 saturated carbocycles. The first-order valence-corrected chi connectivity index (χ1v) is 8.95. The van der Waals surface area contributed by atoms with E-state index in [-0.39, 0.29) is 6.61 Å². The minimum Gasteiger partial charge on any atom is -0.396 e. The van der Waals surface area contributed by atoms with Crippen molar-refractivity contribution in [3.63, 3.8) is 0 Å². The Hall–Kier alpha value is -1.72. The fourth-order valence-corrected chi connectivity index (χ4v) is 2.76. The average molecular weight is 343 g/mol. The molecule has 4 heteroatoms. The Morgan fingerprint density at radius 2 is 1.52 bits per heavy atom. The van der Waals surface area contributed by atoms with Gasteiger partial charge in [-0.15, -0.1) is 0 Å². The van der Waals surface area contributed by atoms with Crippen molar-refractivity contribution in [3.05, 3.63) is 71.8 Å². The first kappa shape index (κ1) is 19.6. The number of aliphatic hydroxyl groups excluding tert-OH is 2. The van der Waals surface area contributed by atoms with E-state index in [0.29, 0.717) is 19.8 Å². The SMILES string of the molecule is OCCCCN(Cc1ccccc1)CC(O)COCc1ccccc1. The summed E-state index contributed by atoms with van der Waals surface area (Å²) < 4.78 is 5.64. The van der Waals surface area contributed by atoms with Gasteiger partial charge in [-0.25, -0.2) is 0 Å². The fraction of sp³-hybridized carbons (Fsp3) is 0.429. The number of rotatable bonds is 12. The second-order valence-corrected chi connectivity index (χ2v) is 6.31. The van der Waals surface area contributed by atoms with Gasteiger partial charge in [-0.2, -0.15) is 0 Å². The van der Waals surface area contributed by atoms with E-state index < -0.39 is 6.10 Å². The molecule has 0 amide bonds. The van der Waals surface area contributed by atoms with Gasteiger partial charge in [0.25, 0.3) is 0 Å². The van der Waals surface area contributed by atoms with Crippen LogP contribution in [0.2, 0.25) is 0 Å². The molecule has 0 saturated heterocycles. The number of hydrogen-bond acceptors (Lipinski definition) is 4. The maximum absolute atomic E-state index is 10.3. The molecule has 2 rings (SSSR count). The molecule has 1 unspecified atom stereocenters. The predicted molar refractivity (Wildman–Crippen MR) is 100 cm³/mol. The molecule has 2 N–H and O–H groups in total. The van der Waals surface area contributed by atoms with Crippen LogP contribution in [-0.4, -0.2) is 47.5 Å². The molecule has 25 heavy (non-hydrogen) atoms. The molecule has 0 aliphatic heterocycles. The van der Waals surface area contributed by atoms with Gasteiger partial charge in [-0.05, 0) is 30.5 Å². The van der Waals surface area contributed by atoms with E-state index in [1.54, 1.807) is 0 Å². The largest absolute Gasteiger partial charge is 0.396 e. The summed E-state index contributed by atoms with van der Waals surface area (Å²) in [4.78, 5) is 2.22. The summed E-state index contributed by atoms with van der Waals surface area (Å²) >= 11 is 0. The molecule has 0 bridgehead atoms. The second kappa shape index (κ2) is 11.8. The summed E-state index contributed by atoms with van der Waals surface area (Å²) in [5.41, 5.74) is 2.34. The number of ether oxygens (including phenoxy) is 1. The van der Waals surface area contributed by atoms with E-state index in [0.717, 1.165) is 31.5 Å². The van der Waals surface area contributed by atoms with Gasteiger partial charge in [0.15, 0.2) is 0 Å². The summed E-state index contributed by atoms with van der Waals surface area (Å²) in [7, 11) is 0. The van der Waals surface area contributed by atoms with Gasteiger partial charge in [-0.3, -0.25) is 4.90 Å². The van der Waals surface area contributed by atoms with Gasteiger partial charge in [0.2, 0.25) is 0 Å². The molecule has 0 fully saturated rings. The van der Waals surface area contributed by atoms with Gasteiger partial charge in [0.05, 0.1) is 19.3 Å². The summed E-state index contributed by atoms with van der Waals surface area (Å²) in [6.45, 7) is 3.26. The van der Waals surface area contributed by atoms with E-state index in [9.17, 15) is 5.11 Å². The third-order valence-electron chi connectivity index (χ3n) is 4.02. The molecular weight excluding hydrogens is 314 g/mol. The quantitative estimate of drug-likeness (QED) is 0.582. The van der Waals surface area contributed by atoms with Crippen LogP contribution in [0, 0.1) is 0 Å². The van der Waals surface area contributed by atoms with Crippen molar-refractivity contribution >= 4 is 0 Å². The molecule has 0 heterocycles. The fourth-order valence-electron chi connectivity index (χ4n) is 2.76. The summed E-state index contributed by atoms with van der Waals surface area (Å²) in [6.07, 6.45) is 1.17. The molecule has 0 aliphatic rings. The molecule has 4 nitrogen and oxygen atoms in total. The first-order chi connectivity index (χ1) is 12.3. The average Bonchev–Trinajstić information content (AvgIpc) is 2.63. The van der Waals surface area contributed by atoms with Gasteiger partial charge >= 0.3 is 0 Å². The molecule has 0 spiro atoms. The summed E-state index contributed by atoms with van der Waals surface area (Å²) in [5, 5.41) is 19.3. The van der Waals surface area contributed by atoms with Crippen molar-refractivity contribution in [3.8, 4) is 0 Å². The van der Waals surface area contributed by atoms with Crippen molar-refractivity contribution in [2.24, 2.45) is 0 Å². The van der Waals surface area contributed by atoms with Crippen LogP contribution >= 0.6 is 0 Å². The highest BCUT2D eigenvalue weighted by atomic mass is 16.5. The standard InChI is InChI=1S/C21H29NO3/c23-14-8-7-13-22(15-19-9-3-1-4-10-19)16-21(24)18-25-17-20-11-5-2-6-12-20/h1-6,9-12,21,23-24H,7-8,13-18H2. The first-order valence-electron chi connectivity index (χ1n) is 8.95. The smallest absolute Gasteiger partial charge is 0.0900 e. The minimum atomic E-state index is -0.526. The van der Waals surface area contributed by atoms with Crippen molar-refractivity contribution in [2.45, 2.75) is 32.1 Å². The molecule has 0 radical (unpaired) electrons. The summed E-state index contributed by atoms with van der Waals surface area (Å²) in [6, 6.07) is 20.2. The van der Waals surface area contributed by atoms with E-state index in [2.05, 4.69) is 17.0 Å². The zero-order valence-corrected chi connectivity index (χ0v) is 14.8. The lowest BCUT2D eigenvalue weighted by molar-refractivity contribution is 0.00815. The van der Waals surface area contributed by atoms with Crippen molar-refractivity contribution < 1.29 is 14.9 Å². The zero-order valence-electron chi connectivity index (χ0n) is 14.8. The highest BCUT2D eigenvalue weighted by Gasteiger charge is 2.12. The molecule has 136 valence electrons. The van der Waals surface area contributed by atoms with Crippen LogP contribution in [-0.2, 0) is 17.9 Å². The number of nitrogens with zero attached hydrogens (tertiary/aromatic N) is 1. The number of unbranched alkanes of at least 4 members (excludes halogenated alkanes) is 1. The Labute approximate surface area is 150 Å². The predicted octanol–water partition coefficient (Wildman–Crippen LogP) is 2.84. The molecule has 0 aliphatic carbocycles. The van der Waals surface area contributed by atoms with E-state index in [1.165, 1.54) is 5.56 Å². The Kier molecular flexibility index (Phi) is 9.23. The lowest BCUT2D eigenvalue weighted by Gasteiger charge is -2.25. The topological polar surface area (TPSA) is 52.9 Å². The maximum Gasteiger partial charge on any atom is 0.0900 e. The van der Waals surface area contributed by atoms with E-state index in [4.69, 9.17) is 9.84 Å². The van der Waals surface area contributed by atoms with Crippen LogP contribution in [0.4, 0.5) is 0 Å². The lowest BCUT2D eigenvalue weighted by Crippen LogP contribution is -2.35. The van der Waals surface area contributed by atoms with Crippen LogP contribution in [0.1, 0.15) is 24.0 Å². The zero-order chi connectivity index (χ0) is 17.7. The van der Waals surface area contributed by atoms with Crippen LogP contribution in [0.15, 0.2) is 60.7 Å². The van der Waals surface area contributed by atoms with Crippen LogP contribution in [0.5, 0.6) is 0 Å². The van der Waals surface area contributed by atoms with E-state index >= 15 is 0 Å². The third-order valence-corrected chi connectivity index (χ3v) is 4.02. The highest BCUT2D eigenvalue weighted by molar-refractivity contribution is 5.14. The van der Waals surface area contributed by atoms with Crippen molar-refractivity contribution in [2.75, 3.05) is 26.3 Å².